The molecule has 3 nitrogen and oxygen atoms in total. The molecule has 0 saturated carbocycles. The molecule has 1 rings (SSSR count). The lowest BCUT2D eigenvalue weighted by molar-refractivity contribution is -0.675. The summed E-state index contributed by atoms with van der Waals surface area (Å²) in [6.45, 7) is 0.896. The lowest BCUT2D eigenvalue weighted by atomic mass is 10.2. The molecule has 0 spiro atoms. The summed E-state index contributed by atoms with van der Waals surface area (Å²) in [5.41, 5.74) is 0. The van der Waals surface area contributed by atoms with Crippen molar-refractivity contribution in [3.05, 3.63) is 12.2 Å². The Hall–Kier alpha value is -0.540. The molecule has 0 bridgehead atoms. The van der Waals surface area contributed by atoms with Gasteiger partial charge in [-0.25, -0.2) is 4.79 Å². The summed E-state index contributed by atoms with van der Waals surface area (Å²) in [5.74, 6) is -0.702. The van der Waals surface area contributed by atoms with Crippen molar-refractivity contribution in [3.63, 3.8) is 0 Å². The number of carbonyl (C=O) groups is 1. The van der Waals surface area contributed by atoms with Crippen LogP contribution in [0, 0.1) is 0 Å². The monoisotopic (exact) mass is 177 g/mol. The van der Waals surface area contributed by atoms with Crippen LogP contribution in [0.1, 0.15) is 12.8 Å². The fraction of sp³-hybridized carbons (Fsp3) is 0.571. The molecule has 0 fully saturated rings. The normalized spacial score (nSPS) is 23.5. The molecular weight excluding hydrogens is 166 g/mol. The molecule has 1 aliphatic heterocycles. The first kappa shape index (κ1) is 10.5. The van der Waals surface area contributed by atoms with Crippen LogP contribution in [0.4, 0.5) is 0 Å². The fourth-order valence-corrected chi connectivity index (χ4v) is 1.05. The minimum atomic E-state index is -0.702. The number of hydrogen-bond donors (Lipinski definition) is 2. The third kappa shape index (κ3) is 3.39. The van der Waals surface area contributed by atoms with Gasteiger partial charge in [0.2, 0.25) is 0 Å². The molecule has 1 atom stereocenters. The van der Waals surface area contributed by atoms with Crippen LogP contribution in [0.15, 0.2) is 12.2 Å². The van der Waals surface area contributed by atoms with Gasteiger partial charge in [-0.1, -0.05) is 12.2 Å². The van der Waals surface area contributed by atoms with Gasteiger partial charge in [0.15, 0.2) is 6.04 Å². The largest absolute Gasteiger partial charge is 1.00 e. The van der Waals surface area contributed by atoms with E-state index in [1.807, 2.05) is 17.5 Å². The smallest absolute Gasteiger partial charge is 0.362 e. The number of halogens is 1. The van der Waals surface area contributed by atoms with Gasteiger partial charge in [0.25, 0.3) is 0 Å². The van der Waals surface area contributed by atoms with Gasteiger partial charge in [0.05, 0.1) is 6.54 Å². The van der Waals surface area contributed by atoms with Gasteiger partial charge in [-0.2, -0.15) is 0 Å². The topological polar surface area (TPSA) is 53.9 Å². The highest BCUT2D eigenvalue weighted by Gasteiger charge is 2.19. The predicted octanol–water partition coefficient (Wildman–Crippen LogP) is -3.64. The Bertz CT molecular complexity index is 159. The van der Waals surface area contributed by atoms with Crippen molar-refractivity contribution in [3.8, 4) is 0 Å². The summed E-state index contributed by atoms with van der Waals surface area (Å²) in [6, 6.07) is -0.251. The molecule has 0 aromatic carbocycles. The van der Waals surface area contributed by atoms with Gasteiger partial charge in [-0.05, 0) is 0 Å². The van der Waals surface area contributed by atoms with Crippen LogP contribution in [0.25, 0.3) is 0 Å². The van der Waals surface area contributed by atoms with Crippen LogP contribution >= 0.6 is 0 Å². The maximum Gasteiger partial charge on any atom is 0.362 e. The number of carboxylic acid groups (broad SMARTS) is 1. The van der Waals surface area contributed by atoms with Gasteiger partial charge >= 0.3 is 5.97 Å². The molecule has 0 aromatic rings. The fourth-order valence-electron chi connectivity index (χ4n) is 1.05. The molecular formula is C7H12ClNO2. The highest BCUT2D eigenvalue weighted by Crippen LogP contribution is 1.93. The minimum absolute atomic E-state index is 0. The van der Waals surface area contributed by atoms with E-state index >= 15 is 0 Å². The standard InChI is InChI=1S/C7H11NO2.ClH/c9-7(10)6-4-2-1-3-5-8-6;/h1-2,6,8H,3-5H2,(H,9,10);1H/t6-;/m0./s1. The lowest BCUT2D eigenvalue weighted by Gasteiger charge is -2.04. The Labute approximate surface area is 71.9 Å². The molecule has 0 saturated heterocycles. The summed E-state index contributed by atoms with van der Waals surface area (Å²) in [7, 11) is 0. The zero-order chi connectivity index (χ0) is 7.40. The summed E-state index contributed by atoms with van der Waals surface area (Å²) in [5, 5.41) is 10.5. The summed E-state index contributed by atoms with van der Waals surface area (Å²) in [6.07, 6.45) is 5.64. The van der Waals surface area contributed by atoms with Crippen molar-refractivity contribution in [1.82, 2.24) is 0 Å². The first-order valence-corrected chi connectivity index (χ1v) is 3.52. The van der Waals surface area contributed by atoms with Crippen LogP contribution in [0.5, 0.6) is 0 Å². The first-order valence-electron chi connectivity index (χ1n) is 3.52. The quantitative estimate of drug-likeness (QED) is 0.406. The molecule has 0 aliphatic carbocycles. The average molecular weight is 178 g/mol. The second-order valence-corrected chi connectivity index (χ2v) is 2.46. The number of hydrogen-bond acceptors (Lipinski definition) is 1. The molecule has 0 radical (unpaired) electrons. The number of carboxylic acids is 1. The summed E-state index contributed by atoms with van der Waals surface area (Å²) in [4.78, 5) is 10.4. The second kappa shape index (κ2) is 5.16. The maximum absolute atomic E-state index is 10.4. The third-order valence-corrected chi connectivity index (χ3v) is 1.66. The van der Waals surface area contributed by atoms with E-state index in [1.165, 1.54) is 0 Å². The molecule has 1 aliphatic rings. The Kier molecular flexibility index (Phi) is 4.90. The van der Waals surface area contributed by atoms with Crippen molar-refractivity contribution >= 4 is 5.97 Å². The van der Waals surface area contributed by atoms with Crippen molar-refractivity contribution in [2.24, 2.45) is 0 Å². The molecule has 1 heterocycles. The Morgan fingerprint density at radius 1 is 1.55 bits per heavy atom. The molecule has 64 valence electrons. The van der Waals surface area contributed by atoms with Crippen LogP contribution in [-0.4, -0.2) is 23.7 Å². The van der Waals surface area contributed by atoms with E-state index in [0.717, 1.165) is 13.0 Å². The SMILES string of the molecule is O=C(O)[C@@H]1CC=CCC[NH2+]1.[Cl-]. The number of nitrogens with two attached hydrogens (primary N) is 1. The van der Waals surface area contributed by atoms with Crippen molar-refractivity contribution in [2.45, 2.75) is 18.9 Å². The Balaban J connectivity index is 0.000001000. The Morgan fingerprint density at radius 3 is 2.91 bits per heavy atom. The average Bonchev–Trinajstić information content (AvgIpc) is 2.12. The van der Waals surface area contributed by atoms with Gasteiger partial charge < -0.3 is 22.8 Å². The van der Waals surface area contributed by atoms with Crippen molar-refractivity contribution in [2.75, 3.05) is 6.54 Å². The highest BCUT2D eigenvalue weighted by atomic mass is 35.5. The zero-order valence-electron chi connectivity index (χ0n) is 6.16. The second-order valence-electron chi connectivity index (χ2n) is 2.46. The van der Waals surface area contributed by atoms with Crippen molar-refractivity contribution < 1.29 is 27.6 Å². The van der Waals surface area contributed by atoms with E-state index in [0.29, 0.717) is 6.42 Å². The van der Waals surface area contributed by atoms with Crippen LogP contribution in [-0.2, 0) is 4.79 Å². The lowest BCUT2D eigenvalue weighted by Crippen LogP contribution is -3.00. The van der Waals surface area contributed by atoms with E-state index in [1.54, 1.807) is 0 Å². The van der Waals surface area contributed by atoms with E-state index in [2.05, 4.69) is 0 Å². The van der Waals surface area contributed by atoms with Gasteiger partial charge in [0, 0.05) is 12.8 Å². The van der Waals surface area contributed by atoms with Crippen LogP contribution in [0.3, 0.4) is 0 Å². The molecule has 11 heavy (non-hydrogen) atoms. The van der Waals surface area contributed by atoms with Gasteiger partial charge in [0.1, 0.15) is 0 Å². The van der Waals surface area contributed by atoms with E-state index < -0.39 is 5.97 Å². The molecule has 3 N–H and O–H groups in total. The summed E-state index contributed by atoms with van der Waals surface area (Å²) < 4.78 is 0. The number of rotatable bonds is 1. The minimum Gasteiger partial charge on any atom is -1.00 e. The molecule has 0 aromatic heterocycles. The van der Waals surface area contributed by atoms with E-state index in [9.17, 15) is 4.79 Å². The van der Waals surface area contributed by atoms with Gasteiger partial charge in [-0.3, -0.25) is 0 Å². The van der Waals surface area contributed by atoms with Crippen molar-refractivity contribution in [1.29, 1.82) is 0 Å². The third-order valence-electron chi connectivity index (χ3n) is 1.66. The van der Waals surface area contributed by atoms with Gasteiger partial charge in [-0.15, -0.1) is 0 Å². The summed E-state index contributed by atoms with van der Waals surface area (Å²) >= 11 is 0. The molecule has 4 heteroatoms. The highest BCUT2D eigenvalue weighted by molar-refractivity contribution is 5.71. The Morgan fingerprint density at radius 2 is 2.27 bits per heavy atom. The van der Waals surface area contributed by atoms with E-state index in [4.69, 9.17) is 5.11 Å². The maximum atomic E-state index is 10.4. The van der Waals surface area contributed by atoms with E-state index in [-0.39, 0.29) is 18.4 Å². The zero-order valence-corrected chi connectivity index (χ0v) is 6.92. The number of aliphatic carboxylic acids is 1. The molecule has 0 amide bonds. The predicted molar refractivity (Wildman–Crippen MR) is 36.6 cm³/mol. The van der Waals surface area contributed by atoms with Crippen LogP contribution in [0.2, 0.25) is 0 Å². The number of quaternary nitrogens is 1. The molecule has 0 unspecified atom stereocenters. The first-order chi connectivity index (χ1) is 4.80. The van der Waals surface area contributed by atoms with Crippen LogP contribution < -0.4 is 17.7 Å².